The summed E-state index contributed by atoms with van der Waals surface area (Å²) in [5, 5.41) is 3.25. The summed E-state index contributed by atoms with van der Waals surface area (Å²) in [4.78, 5) is 0. The fourth-order valence-corrected chi connectivity index (χ4v) is 0.678. The van der Waals surface area contributed by atoms with Crippen molar-refractivity contribution in [3.8, 4) is 0 Å². The van der Waals surface area contributed by atoms with Crippen LogP contribution in [-0.4, -0.2) is 13.1 Å². The first-order valence-corrected chi connectivity index (χ1v) is 21.2. The van der Waals surface area contributed by atoms with E-state index in [0.717, 1.165) is 0 Å². The molecule has 1 N–H and O–H groups in total. The molecule has 0 amide bonds. The standard InChI is InChI=1S/C5H10N.2HI.Zn/c1-2-4-6-5-3-1;;;/h1,6H,2-5H2;2*1H;/q;;;+2/p-2. The fraction of sp³-hybridized carbons (Fsp3) is 0.800. The summed E-state index contributed by atoms with van der Waals surface area (Å²) in [6, 6.07) is 0. The zero-order chi connectivity index (χ0) is 6.95. The van der Waals surface area contributed by atoms with E-state index in [1.54, 1.807) is 0 Å². The first-order chi connectivity index (χ1) is 4.41. The molecule has 51 valence electrons. The molecule has 1 heterocycles. The van der Waals surface area contributed by atoms with Crippen LogP contribution in [-0.2, 0) is 10.1 Å². The van der Waals surface area contributed by atoms with Crippen molar-refractivity contribution < 1.29 is 10.1 Å². The van der Waals surface area contributed by atoms with Gasteiger partial charge in [0, 0.05) is 0 Å². The van der Waals surface area contributed by atoms with E-state index in [0.29, 0.717) is 0 Å². The van der Waals surface area contributed by atoms with Crippen molar-refractivity contribution in [3.63, 3.8) is 0 Å². The molecule has 1 fully saturated rings. The van der Waals surface area contributed by atoms with Crippen LogP contribution in [0.1, 0.15) is 12.8 Å². The molecule has 0 aromatic heterocycles. The van der Waals surface area contributed by atoms with Crippen molar-refractivity contribution in [1.29, 1.82) is 0 Å². The van der Waals surface area contributed by atoms with E-state index in [-0.39, 0.29) is 10.1 Å². The molecule has 1 rings (SSSR count). The number of nitrogens with one attached hydrogen (secondary N) is 1. The summed E-state index contributed by atoms with van der Waals surface area (Å²) in [5.41, 5.74) is 0. The van der Waals surface area contributed by atoms with Gasteiger partial charge in [0.1, 0.15) is 0 Å². The van der Waals surface area contributed by atoms with Gasteiger partial charge in [-0.25, -0.2) is 0 Å². The zero-order valence-corrected chi connectivity index (χ0v) is 12.7. The quantitative estimate of drug-likeness (QED) is 0.484. The van der Waals surface area contributed by atoms with Crippen molar-refractivity contribution in [2.24, 2.45) is 0 Å². The van der Waals surface area contributed by atoms with Gasteiger partial charge >= 0.3 is 49.6 Å². The van der Waals surface area contributed by atoms with E-state index in [1.165, 1.54) is 25.9 Å². The Bertz CT molecular complexity index is 38.7. The maximum atomic E-state index is 3.25. The SMILES string of the molecule is [CH]1CCNCC1.[I][Zn][I]. The van der Waals surface area contributed by atoms with Crippen LogP contribution in [0.25, 0.3) is 0 Å². The molecule has 0 aromatic rings. The molecule has 0 bridgehead atoms. The van der Waals surface area contributed by atoms with Gasteiger partial charge in [-0.2, -0.15) is 0 Å². The van der Waals surface area contributed by atoms with Crippen LogP contribution in [0, 0.1) is 6.42 Å². The number of rotatable bonds is 0. The average Bonchev–Trinajstić information content (AvgIpc) is 1.93. The van der Waals surface area contributed by atoms with Crippen LogP contribution in [0.4, 0.5) is 0 Å². The minimum absolute atomic E-state index is 0.0650. The van der Waals surface area contributed by atoms with Crippen LogP contribution < -0.4 is 5.32 Å². The molecule has 1 aliphatic heterocycles. The number of piperidine rings is 1. The van der Waals surface area contributed by atoms with Crippen molar-refractivity contribution in [1.82, 2.24) is 5.32 Å². The zero-order valence-electron chi connectivity index (χ0n) is 5.37. The number of hydrogen-bond donors (Lipinski definition) is 1. The Morgan fingerprint density at radius 3 is 1.78 bits per heavy atom. The van der Waals surface area contributed by atoms with Gasteiger partial charge in [0.25, 0.3) is 0 Å². The number of hydrogen-bond acceptors (Lipinski definition) is 1. The van der Waals surface area contributed by atoms with Gasteiger partial charge in [-0.3, -0.25) is 0 Å². The van der Waals surface area contributed by atoms with Crippen LogP contribution in [0.15, 0.2) is 0 Å². The molecule has 1 aliphatic rings. The van der Waals surface area contributed by atoms with Gasteiger partial charge in [-0.05, 0) is 32.4 Å². The third-order valence-corrected chi connectivity index (χ3v) is 1.05. The molecule has 1 radical (unpaired) electrons. The van der Waals surface area contributed by atoms with E-state index in [9.17, 15) is 0 Å². The molecule has 1 nitrogen and oxygen atoms in total. The Morgan fingerprint density at radius 2 is 1.67 bits per heavy atom. The molecule has 0 aromatic carbocycles. The van der Waals surface area contributed by atoms with E-state index < -0.39 is 0 Å². The molecular weight excluding hydrogens is 393 g/mol. The van der Waals surface area contributed by atoms with Crippen LogP contribution in [0.3, 0.4) is 0 Å². The van der Waals surface area contributed by atoms with Gasteiger partial charge < -0.3 is 5.32 Å². The third kappa shape index (κ3) is 10.0. The van der Waals surface area contributed by atoms with Crippen LogP contribution in [0.5, 0.6) is 0 Å². The van der Waals surface area contributed by atoms with Crippen molar-refractivity contribution in [2.45, 2.75) is 12.8 Å². The van der Waals surface area contributed by atoms with Gasteiger partial charge in [0.05, 0.1) is 0 Å². The maximum absolute atomic E-state index is 3.25. The molecule has 9 heavy (non-hydrogen) atoms. The summed E-state index contributed by atoms with van der Waals surface area (Å²) in [6.45, 7) is 2.39. The van der Waals surface area contributed by atoms with Crippen LogP contribution >= 0.6 is 39.5 Å². The van der Waals surface area contributed by atoms with Gasteiger partial charge in [0.2, 0.25) is 0 Å². The Hall–Kier alpha value is 2.04. The Labute approximate surface area is 86.1 Å². The van der Waals surface area contributed by atoms with E-state index >= 15 is 0 Å². The monoisotopic (exact) mass is 402 g/mol. The summed E-state index contributed by atoms with van der Waals surface area (Å²) in [5.74, 6) is 0. The Balaban J connectivity index is 0.000000187. The molecule has 4 heteroatoms. The summed E-state index contributed by atoms with van der Waals surface area (Å²) in [7, 11) is 0.0650. The summed E-state index contributed by atoms with van der Waals surface area (Å²) < 4.78 is 0. The van der Waals surface area contributed by atoms with Gasteiger partial charge in [-0.1, -0.05) is 0 Å². The predicted octanol–water partition coefficient (Wildman–Crippen LogP) is 2.34. The van der Waals surface area contributed by atoms with Gasteiger partial charge in [-0.15, -0.1) is 0 Å². The Kier molecular flexibility index (Phi) is 12.3. The molecule has 1 saturated heterocycles. The second-order valence-electron chi connectivity index (χ2n) is 1.72. The number of halogens is 2. The van der Waals surface area contributed by atoms with Crippen LogP contribution in [0.2, 0.25) is 0 Å². The minimum atomic E-state index is 0.0650. The first kappa shape index (κ1) is 11.0. The molecular formula is C5H10I2NZn. The molecule has 0 atom stereocenters. The predicted molar refractivity (Wildman–Crippen MR) is 54.4 cm³/mol. The molecule has 0 saturated carbocycles. The fourth-order valence-electron chi connectivity index (χ4n) is 0.678. The second kappa shape index (κ2) is 10.0. The normalized spacial score (nSPS) is 17.1. The van der Waals surface area contributed by atoms with E-state index in [4.69, 9.17) is 0 Å². The summed E-state index contributed by atoms with van der Waals surface area (Å²) >= 11 is 4.93. The molecule has 0 spiro atoms. The second-order valence-corrected chi connectivity index (χ2v) is 25.2. The van der Waals surface area contributed by atoms with E-state index in [2.05, 4.69) is 51.2 Å². The van der Waals surface area contributed by atoms with Crippen molar-refractivity contribution in [3.05, 3.63) is 6.42 Å². The van der Waals surface area contributed by atoms with E-state index in [1.807, 2.05) is 0 Å². The average molecular weight is 403 g/mol. The topological polar surface area (TPSA) is 12.0 Å². The Morgan fingerprint density at radius 1 is 1.22 bits per heavy atom. The molecule has 0 aliphatic carbocycles. The summed E-state index contributed by atoms with van der Waals surface area (Å²) in [6.07, 6.45) is 4.86. The first-order valence-electron chi connectivity index (χ1n) is 3.06. The van der Waals surface area contributed by atoms with Gasteiger partial charge in [0.15, 0.2) is 0 Å². The molecule has 0 unspecified atom stereocenters. The van der Waals surface area contributed by atoms with Crippen molar-refractivity contribution in [2.75, 3.05) is 13.1 Å². The van der Waals surface area contributed by atoms with Crippen molar-refractivity contribution >= 4 is 39.5 Å². The third-order valence-electron chi connectivity index (χ3n) is 1.05.